The van der Waals surface area contributed by atoms with Gasteiger partial charge in [0.2, 0.25) is 0 Å². The van der Waals surface area contributed by atoms with Gasteiger partial charge >= 0.3 is 0 Å². The van der Waals surface area contributed by atoms with Crippen LogP contribution >= 0.6 is 22.9 Å². The maximum absolute atomic E-state index is 6.15. The Labute approximate surface area is 110 Å². The highest BCUT2D eigenvalue weighted by Gasteiger charge is 2.10. The van der Waals surface area contributed by atoms with Crippen molar-refractivity contribution in [1.82, 2.24) is 20.1 Å². The quantitative estimate of drug-likeness (QED) is 0.928. The fourth-order valence-electron chi connectivity index (χ4n) is 1.67. The zero-order chi connectivity index (χ0) is 12.4. The van der Waals surface area contributed by atoms with E-state index in [0.717, 1.165) is 29.4 Å². The molecule has 0 bridgehead atoms. The molecule has 0 aliphatic rings. The Kier molecular flexibility index (Phi) is 3.81. The van der Waals surface area contributed by atoms with E-state index in [1.54, 1.807) is 16.0 Å². The molecule has 0 spiro atoms. The molecule has 2 aromatic rings. The normalized spacial score (nSPS) is 11.1. The molecule has 2 rings (SSSR count). The van der Waals surface area contributed by atoms with Crippen LogP contribution in [-0.4, -0.2) is 14.8 Å². The fraction of sp³-hybridized carbons (Fsp3) is 0.455. The average molecular weight is 271 g/mol. The summed E-state index contributed by atoms with van der Waals surface area (Å²) >= 11 is 7.86. The number of rotatable bonds is 4. The van der Waals surface area contributed by atoms with Crippen molar-refractivity contribution in [3.8, 4) is 0 Å². The van der Waals surface area contributed by atoms with Crippen LogP contribution in [0.4, 0.5) is 0 Å². The van der Waals surface area contributed by atoms with E-state index in [1.165, 1.54) is 4.88 Å². The highest BCUT2D eigenvalue weighted by Crippen LogP contribution is 2.18. The van der Waals surface area contributed by atoms with Gasteiger partial charge < -0.3 is 5.32 Å². The molecule has 4 nitrogen and oxygen atoms in total. The van der Waals surface area contributed by atoms with Gasteiger partial charge in [0.15, 0.2) is 0 Å². The van der Waals surface area contributed by atoms with Gasteiger partial charge in [-0.1, -0.05) is 11.6 Å². The van der Waals surface area contributed by atoms with Gasteiger partial charge in [-0.15, -0.1) is 11.3 Å². The van der Waals surface area contributed by atoms with E-state index in [9.17, 15) is 0 Å². The van der Waals surface area contributed by atoms with Crippen LogP contribution in [0.15, 0.2) is 6.20 Å². The van der Waals surface area contributed by atoms with Crippen molar-refractivity contribution in [3.63, 3.8) is 0 Å². The number of hydrogen-bond acceptors (Lipinski definition) is 4. The third-order valence-corrected chi connectivity index (χ3v) is 3.93. The highest BCUT2D eigenvalue weighted by molar-refractivity contribution is 7.11. The van der Waals surface area contributed by atoms with Crippen LogP contribution in [0.25, 0.3) is 0 Å². The lowest BCUT2D eigenvalue weighted by atomic mass is 10.2. The van der Waals surface area contributed by atoms with Crippen LogP contribution in [0, 0.1) is 13.8 Å². The van der Waals surface area contributed by atoms with Crippen molar-refractivity contribution in [1.29, 1.82) is 0 Å². The molecule has 0 aromatic carbocycles. The van der Waals surface area contributed by atoms with E-state index >= 15 is 0 Å². The van der Waals surface area contributed by atoms with Crippen molar-refractivity contribution < 1.29 is 0 Å². The van der Waals surface area contributed by atoms with Crippen LogP contribution in [0.5, 0.6) is 0 Å². The van der Waals surface area contributed by atoms with E-state index in [2.05, 4.69) is 15.4 Å². The fourth-order valence-corrected chi connectivity index (χ4v) is 2.68. The molecule has 0 saturated heterocycles. The minimum atomic E-state index is 0.704. The molecule has 17 heavy (non-hydrogen) atoms. The molecule has 0 saturated carbocycles. The first kappa shape index (κ1) is 12.5. The summed E-state index contributed by atoms with van der Waals surface area (Å²) in [5, 5.41) is 9.43. The molecule has 0 unspecified atom stereocenters. The van der Waals surface area contributed by atoms with Crippen LogP contribution < -0.4 is 5.32 Å². The zero-order valence-corrected chi connectivity index (χ0v) is 11.7. The summed E-state index contributed by atoms with van der Waals surface area (Å²) < 4.78 is 1.70. The van der Waals surface area contributed by atoms with Gasteiger partial charge in [-0.25, -0.2) is 4.98 Å². The lowest BCUT2D eigenvalue weighted by molar-refractivity contribution is 0.696. The number of nitrogens with one attached hydrogen (secondary N) is 1. The summed E-state index contributed by atoms with van der Waals surface area (Å²) in [5.41, 5.74) is 2.04. The largest absolute Gasteiger partial charge is 0.308 e. The molecular weight excluding hydrogens is 256 g/mol. The topological polar surface area (TPSA) is 42.7 Å². The Morgan fingerprint density at radius 1 is 1.41 bits per heavy atom. The monoisotopic (exact) mass is 270 g/mol. The Bertz CT molecular complexity index is 518. The van der Waals surface area contributed by atoms with Crippen molar-refractivity contribution in [2.45, 2.75) is 26.9 Å². The van der Waals surface area contributed by atoms with E-state index in [4.69, 9.17) is 11.6 Å². The van der Waals surface area contributed by atoms with Gasteiger partial charge in [-0.2, -0.15) is 5.10 Å². The molecule has 2 aromatic heterocycles. The molecule has 0 aliphatic carbocycles. The lowest BCUT2D eigenvalue weighted by Crippen LogP contribution is -2.12. The maximum atomic E-state index is 6.15. The molecule has 0 fully saturated rings. The summed E-state index contributed by atoms with van der Waals surface area (Å²) in [7, 11) is 1.85. The number of hydrogen-bond donors (Lipinski definition) is 1. The highest BCUT2D eigenvalue weighted by atomic mass is 35.5. The first-order valence-electron chi connectivity index (χ1n) is 5.38. The Balaban J connectivity index is 1.94. The first-order chi connectivity index (χ1) is 8.08. The summed E-state index contributed by atoms with van der Waals surface area (Å²) in [5.74, 6) is 0. The second-order valence-electron chi connectivity index (χ2n) is 3.93. The molecule has 0 atom stereocenters. The van der Waals surface area contributed by atoms with Crippen LogP contribution in [0.2, 0.25) is 5.15 Å². The van der Waals surface area contributed by atoms with Gasteiger partial charge in [0, 0.05) is 36.8 Å². The van der Waals surface area contributed by atoms with Gasteiger partial charge in [0.05, 0.1) is 10.7 Å². The summed E-state index contributed by atoms with van der Waals surface area (Å²) in [6, 6.07) is 0. The van der Waals surface area contributed by atoms with Crippen molar-refractivity contribution in [3.05, 3.63) is 32.5 Å². The maximum Gasteiger partial charge on any atom is 0.131 e. The number of aryl methyl sites for hydroxylation is 3. The first-order valence-corrected chi connectivity index (χ1v) is 6.57. The van der Waals surface area contributed by atoms with Gasteiger partial charge in [-0.3, -0.25) is 4.68 Å². The molecular formula is C11H15ClN4S. The van der Waals surface area contributed by atoms with E-state index in [1.807, 2.05) is 27.1 Å². The molecule has 92 valence electrons. The summed E-state index contributed by atoms with van der Waals surface area (Å²) in [6.07, 6.45) is 1.91. The summed E-state index contributed by atoms with van der Waals surface area (Å²) in [6.45, 7) is 5.53. The van der Waals surface area contributed by atoms with Gasteiger partial charge in [-0.05, 0) is 13.8 Å². The Hall–Kier alpha value is -0.910. The SMILES string of the molecule is Cc1ncc(CNCc2c(C)nn(C)c2Cl)s1. The minimum Gasteiger partial charge on any atom is -0.308 e. The second kappa shape index (κ2) is 5.16. The third kappa shape index (κ3) is 2.86. The third-order valence-electron chi connectivity index (χ3n) is 2.54. The molecule has 0 radical (unpaired) electrons. The second-order valence-corrected chi connectivity index (χ2v) is 5.60. The smallest absolute Gasteiger partial charge is 0.131 e. The zero-order valence-electron chi connectivity index (χ0n) is 10.1. The minimum absolute atomic E-state index is 0.704. The average Bonchev–Trinajstić information content (AvgIpc) is 2.78. The predicted molar refractivity (Wildman–Crippen MR) is 70.3 cm³/mol. The van der Waals surface area contributed by atoms with Gasteiger partial charge in [0.25, 0.3) is 0 Å². The molecule has 2 heterocycles. The van der Waals surface area contributed by atoms with Crippen molar-refractivity contribution in [2.75, 3.05) is 0 Å². The van der Waals surface area contributed by atoms with E-state index in [-0.39, 0.29) is 0 Å². The Morgan fingerprint density at radius 3 is 2.71 bits per heavy atom. The molecule has 1 N–H and O–H groups in total. The number of halogens is 1. The van der Waals surface area contributed by atoms with E-state index < -0.39 is 0 Å². The van der Waals surface area contributed by atoms with Crippen LogP contribution in [-0.2, 0) is 20.1 Å². The summed E-state index contributed by atoms with van der Waals surface area (Å²) in [4.78, 5) is 5.45. The van der Waals surface area contributed by atoms with Crippen LogP contribution in [0.3, 0.4) is 0 Å². The lowest BCUT2D eigenvalue weighted by Gasteiger charge is -2.02. The van der Waals surface area contributed by atoms with E-state index in [0.29, 0.717) is 5.15 Å². The molecule has 0 amide bonds. The van der Waals surface area contributed by atoms with Gasteiger partial charge in [0.1, 0.15) is 5.15 Å². The number of nitrogens with zero attached hydrogens (tertiary/aromatic N) is 3. The van der Waals surface area contributed by atoms with Crippen molar-refractivity contribution >= 4 is 22.9 Å². The predicted octanol–water partition coefficient (Wildman–Crippen LogP) is 2.44. The standard InChI is InChI=1S/C11H15ClN4S/c1-7-10(11(12)16(3)15-7)6-13-4-9-5-14-8(2)17-9/h5,13H,4,6H2,1-3H3. The van der Waals surface area contributed by atoms with Crippen molar-refractivity contribution in [2.24, 2.45) is 7.05 Å². The Morgan fingerprint density at radius 2 is 2.18 bits per heavy atom. The van der Waals surface area contributed by atoms with Crippen LogP contribution in [0.1, 0.15) is 21.1 Å². The number of aromatic nitrogens is 3. The molecule has 0 aliphatic heterocycles. The molecule has 6 heteroatoms. The number of thiazole rings is 1.